The van der Waals surface area contributed by atoms with Crippen LogP contribution in [0.3, 0.4) is 0 Å². The summed E-state index contributed by atoms with van der Waals surface area (Å²) in [7, 11) is 3.09. The molecule has 0 aliphatic heterocycles. The highest BCUT2D eigenvalue weighted by Crippen LogP contribution is 2.29. The first-order chi connectivity index (χ1) is 12.7. The van der Waals surface area contributed by atoms with E-state index in [2.05, 4.69) is 20.6 Å². The van der Waals surface area contributed by atoms with Crippen molar-refractivity contribution >= 4 is 23.2 Å². The lowest BCUT2D eigenvalue weighted by Gasteiger charge is -2.11. The minimum absolute atomic E-state index is 0.244. The Bertz CT molecular complexity index is 900. The lowest BCUT2D eigenvalue weighted by molar-refractivity contribution is 0.102. The second-order valence-corrected chi connectivity index (χ2v) is 5.28. The lowest BCUT2D eigenvalue weighted by Crippen LogP contribution is -2.14. The summed E-state index contributed by atoms with van der Waals surface area (Å²) >= 11 is 0. The number of rotatable bonds is 6. The molecule has 0 bridgehead atoms. The van der Waals surface area contributed by atoms with E-state index < -0.39 is 0 Å². The molecule has 26 heavy (non-hydrogen) atoms. The summed E-state index contributed by atoms with van der Waals surface area (Å²) in [6, 6.07) is 16.2. The van der Waals surface area contributed by atoms with E-state index in [4.69, 9.17) is 9.47 Å². The molecule has 3 aromatic rings. The van der Waals surface area contributed by atoms with Crippen LogP contribution in [0.4, 0.5) is 17.3 Å². The van der Waals surface area contributed by atoms with Crippen LogP contribution in [0.15, 0.2) is 60.8 Å². The van der Waals surface area contributed by atoms with Gasteiger partial charge in [-0.25, -0.2) is 9.97 Å². The summed E-state index contributed by atoms with van der Waals surface area (Å²) in [5, 5.41) is 5.84. The van der Waals surface area contributed by atoms with Crippen LogP contribution in [0, 0.1) is 0 Å². The van der Waals surface area contributed by atoms with Crippen LogP contribution in [-0.2, 0) is 0 Å². The standard InChI is InChI=1S/C19H18N4O3/c1-25-16-9-8-14(12-17(16)26-2)21-18(24)15-10-11-20-19(23-15)22-13-6-4-3-5-7-13/h3-12H,1-2H3,(H,21,24)(H,20,22,23). The largest absolute Gasteiger partial charge is 0.493 e. The molecule has 7 heteroatoms. The maximum atomic E-state index is 12.5. The van der Waals surface area contributed by atoms with Gasteiger partial charge in [-0.3, -0.25) is 4.79 Å². The smallest absolute Gasteiger partial charge is 0.274 e. The van der Waals surface area contributed by atoms with Crippen molar-refractivity contribution in [3.63, 3.8) is 0 Å². The fourth-order valence-corrected chi connectivity index (χ4v) is 2.31. The highest BCUT2D eigenvalue weighted by Gasteiger charge is 2.11. The van der Waals surface area contributed by atoms with E-state index in [0.717, 1.165) is 5.69 Å². The third kappa shape index (κ3) is 4.07. The number of carbonyl (C=O) groups is 1. The topological polar surface area (TPSA) is 85.4 Å². The van der Waals surface area contributed by atoms with Crippen molar-refractivity contribution in [2.45, 2.75) is 0 Å². The molecule has 0 spiro atoms. The first-order valence-corrected chi connectivity index (χ1v) is 7.88. The Labute approximate surface area is 151 Å². The molecule has 1 heterocycles. The van der Waals surface area contributed by atoms with Crippen molar-refractivity contribution in [1.82, 2.24) is 9.97 Å². The second-order valence-electron chi connectivity index (χ2n) is 5.28. The van der Waals surface area contributed by atoms with Crippen LogP contribution in [-0.4, -0.2) is 30.1 Å². The number of para-hydroxylation sites is 1. The number of nitrogens with zero attached hydrogens (tertiary/aromatic N) is 2. The highest BCUT2D eigenvalue weighted by atomic mass is 16.5. The minimum Gasteiger partial charge on any atom is -0.493 e. The molecule has 2 N–H and O–H groups in total. The van der Waals surface area contributed by atoms with E-state index in [9.17, 15) is 4.79 Å². The average Bonchev–Trinajstić information content (AvgIpc) is 2.69. The molecule has 0 unspecified atom stereocenters. The number of aromatic nitrogens is 2. The van der Waals surface area contributed by atoms with E-state index in [0.29, 0.717) is 23.1 Å². The summed E-state index contributed by atoms with van der Waals surface area (Å²) in [4.78, 5) is 20.9. The number of carbonyl (C=O) groups excluding carboxylic acids is 1. The fraction of sp³-hybridized carbons (Fsp3) is 0.105. The zero-order valence-corrected chi connectivity index (χ0v) is 14.4. The third-order valence-corrected chi connectivity index (χ3v) is 3.56. The van der Waals surface area contributed by atoms with E-state index in [1.807, 2.05) is 30.3 Å². The normalized spacial score (nSPS) is 10.1. The number of hydrogen-bond acceptors (Lipinski definition) is 6. The SMILES string of the molecule is COc1ccc(NC(=O)c2ccnc(Nc3ccccc3)n2)cc1OC. The van der Waals surface area contributed by atoms with E-state index in [-0.39, 0.29) is 11.6 Å². The van der Waals surface area contributed by atoms with Crippen LogP contribution in [0.5, 0.6) is 11.5 Å². The maximum absolute atomic E-state index is 12.5. The number of nitrogens with one attached hydrogen (secondary N) is 2. The first kappa shape index (κ1) is 17.2. The van der Waals surface area contributed by atoms with Gasteiger partial charge in [0.1, 0.15) is 5.69 Å². The summed E-state index contributed by atoms with van der Waals surface area (Å²) < 4.78 is 10.4. The maximum Gasteiger partial charge on any atom is 0.274 e. The van der Waals surface area contributed by atoms with Gasteiger partial charge in [0.25, 0.3) is 5.91 Å². The van der Waals surface area contributed by atoms with Gasteiger partial charge in [-0.2, -0.15) is 0 Å². The van der Waals surface area contributed by atoms with Gasteiger partial charge in [0, 0.05) is 23.6 Å². The van der Waals surface area contributed by atoms with Crippen molar-refractivity contribution in [2.24, 2.45) is 0 Å². The molecule has 2 aromatic carbocycles. The van der Waals surface area contributed by atoms with Crippen LogP contribution in [0.2, 0.25) is 0 Å². The minimum atomic E-state index is -0.351. The molecule has 0 aliphatic rings. The number of hydrogen-bond donors (Lipinski definition) is 2. The van der Waals surface area contributed by atoms with Crippen molar-refractivity contribution in [1.29, 1.82) is 0 Å². The highest BCUT2D eigenvalue weighted by molar-refractivity contribution is 6.03. The Hall–Kier alpha value is -3.61. The summed E-state index contributed by atoms with van der Waals surface area (Å²) in [6.45, 7) is 0. The summed E-state index contributed by atoms with van der Waals surface area (Å²) in [5.74, 6) is 1.10. The fourth-order valence-electron chi connectivity index (χ4n) is 2.31. The van der Waals surface area contributed by atoms with Crippen molar-refractivity contribution < 1.29 is 14.3 Å². The Morgan fingerprint density at radius 1 is 0.923 bits per heavy atom. The van der Waals surface area contributed by atoms with Gasteiger partial charge in [0.05, 0.1) is 14.2 Å². The molecule has 0 atom stereocenters. The summed E-state index contributed by atoms with van der Waals surface area (Å²) in [6.07, 6.45) is 1.53. The van der Waals surface area contributed by atoms with Crippen molar-refractivity contribution in [2.75, 3.05) is 24.9 Å². The first-order valence-electron chi connectivity index (χ1n) is 7.88. The molecule has 0 aliphatic carbocycles. The lowest BCUT2D eigenvalue weighted by atomic mass is 10.2. The molecule has 1 aromatic heterocycles. The number of ether oxygens (including phenoxy) is 2. The molecule has 1 amide bonds. The van der Waals surface area contributed by atoms with E-state index in [1.165, 1.54) is 13.3 Å². The molecular weight excluding hydrogens is 332 g/mol. The molecule has 0 saturated carbocycles. The summed E-state index contributed by atoms with van der Waals surface area (Å²) in [5.41, 5.74) is 1.65. The van der Waals surface area contributed by atoms with Gasteiger partial charge < -0.3 is 20.1 Å². The molecule has 3 rings (SSSR count). The number of methoxy groups -OCH3 is 2. The molecule has 132 valence electrons. The number of anilines is 3. The number of amides is 1. The van der Waals surface area contributed by atoms with Crippen LogP contribution < -0.4 is 20.1 Å². The zero-order valence-electron chi connectivity index (χ0n) is 14.4. The average molecular weight is 350 g/mol. The van der Waals surface area contributed by atoms with Gasteiger partial charge in [-0.15, -0.1) is 0 Å². The van der Waals surface area contributed by atoms with Gasteiger partial charge in [0.2, 0.25) is 5.95 Å². The van der Waals surface area contributed by atoms with Gasteiger partial charge >= 0.3 is 0 Å². The van der Waals surface area contributed by atoms with E-state index >= 15 is 0 Å². The van der Waals surface area contributed by atoms with Crippen LogP contribution in [0.1, 0.15) is 10.5 Å². The molecule has 0 fully saturated rings. The zero-order chi connectivity index (χ0) is 18.4. The molecule has 0 radical (unpaired) electrons. The van der Waals surface area contributed by atoms with Crippen molar-refractivity contribution in [3.8, 4) is 11.5 Å². The van der Waals surface area contributed by atoms with Crippen LogP contribution in [0.25, 0.3) is 0 Å². The quantitative estimate of drug-likeness (QED) is 0.708. The number of benzene rings is 2. The van der Waals surface area contributed by atoms with Crippen LogP contribution >= 0.6 is 0 Å². The van der Waals surface area contributed by atoms with Crippen molar-refractivity contribution in [3.05, 3.63) is 66.5 Å². The predicted molar refractivity (Wildman–Crippen MR) is 99.3 cm³/mol. The third-order valence-electron chi connectivity index (χ3n) is 3.56. The van der Waals surface area contributed by atoms with Gasteiger partial charge in [-0.1, -0.05) is 18.2 Å². The molecule has 7 nitrogen and oxygen atoms in total. The van der Waals surface area contributed by atoms with Gasteiger partial charge in [-0.05, 0) is 30.3 Å². The predicted octanol–water partition coefficient (Wildman–Crippen LogP) is 3.49. The monoisotopic (exact) mass is 350 g/mol. The Balaban J connectivity index is 1.75. The molecular formula is C19H18N4O3. The second kappa shape index (κ2) is 7.98. The Morgan fingerprint density at radius 2 is 1.69 bits per heavy atom. The Morgan fingerprint density at radius 3 is 2.42 bits per heavy atom. The Kier molecular flexibility index (Phi) is 5.28. The van der Waals surface area contributed by atoms with Gasteiger partial charge in [0.15, 0.2) is 11.5 Å². The van der Waals surface area contributed by atoms with E-state index in [1.54, 1.807) is 31.4 Å². The molecule has 0 saturated heterocycles.